The summed E-state index contributed by atoms with van der Waals surface area (Å²) in [6.07, 6.45) is 5.13. The maximum atomic E-state index is 12.7. The number of anilines is 1. The second-order valence-corrected chi connectivity index (χ2v) is 10.2. The van der Waals surface area contributed by atoms with Gasteiger partial charge in [0.2, 0.25) is 0 Å². The Balaban J connectivity index is 1.51. The van der Waals surface area contributed by atoms with E-state index in [0.29, 0.717) is 23.3 Å². The summed E-state index contributed by atoms with van der Waals surface area (Å²) >= 11 is 1.19. The molecule has 27 heavy (non-hydrogen) atoms. The van der Waals surface area contributed by atoms with Crippen LogP contribution in [-0.2, 0) is 10.0 Å². The van der Waals surface area contributed by atoms with Crippen molar-refractivity contribution >= 4 is 27.0 Å². The van der Waals surface area contributed by atoms with Crippen molar-refractivity contribution in [1.29, 1.82) is 0 Å². The molecule has 1 aliphatic rings. The standard InChI is InChI=1S/C20H22N2O3S2/c1-13(2)14-6-8-16(9-7-14)22-27(23,24)19-11-10-18(26-19)17-12-21-20(25-17)15-4-3-5-15/h6-13,15,22H,3-5H2,1-2H3. The lowest BCUT2D eigenvalue weighted by atomic mass is 9.85. The molecule has 1 saturated carbocycles. The van der Waals surface area contributed by atoms with E-state index in [0.717, 1.165) is 23.6 Å². The van der Waals surface area contributed by atoms with Crippen LogP contribution in [0.3, 0.4) is 0 Å². The van der Waals surface area contributed by atoms with Crippen LogP contribution in [0.15, 0.2) is 51.2 Å². The number of hydrogen-bond donors (Lipinski definition) is 1. The largest absolute Gasteiger partial charge is 0.440 e. The second kappa shape index (κ2) is 7.13. The quantitative estimate of drug-likeness (QED) is 0.583. The first-order valence-electron chi connectivity index (χ1n) is 9.11. The first kappa shape index (κ1) is 18.3. The minimum atomic E-state index is -3.63. The van der Waals surface area contributed by atoms with E-state index in [1.54, 1.807) is 30.5 Å². The predicted molar refractivity (Wildman–Crippen MR) is 108 cm³/mol. The number of sulfonamides is 1. The van der Waals surface area contributed by atoms with Gasteiger partial charge in [-0.15, -0.1) is 11.3 Å². The van der Waals surface area contributed by atoms with E-state index >= 15 is 0 Å². The van der Waals surface area contributed by atoms with E-state index in [1.165, 1.54) is 23.3 Å². The smallest absolute Gasteiger partial charge is 0.271 e. The molecule has 142 valence electrons. The van der Waals surface area contributed by atoms with Gasteiger partial charge in [0, 0.05) is 11.6 Å². The normalized spacial score (nSPS) is 15.1. The summed E-state index contributed by atoms with van der Waals surface area (Å²) in [5, 5.41) is 0. The van der Waals surface area contributed by atoms with Crippen molar-refractivity contribution in [3.8, 4) is 10.6 Å². The van der Waals surface area contributed by atoms with Gasteiger partial charge in [0.05, 0.1) is 11.1 Å². The Morgan fingerprint density at radius 3 is 2.52 bits per heavy atom. The molecule has 1 fully saturated rings. The van der Waals surface area contributed by atoms with Gasteiger partial charge in [-0.1, -0.05) is 32.4 Å². The Kier molecular flexibility index (Phi) is 4.82. The zero-order valence-corrected chi connectivity index (χ0v) is 16.9. The topological polar surface area (TPSA) is 72.2 Å². The Hall–Kier alpha value is -2.12. The molecule has 1 N–H and O–H groups in total. The number of nitrogens with one attached hydrogen (secondary N) is 1. The van der Waals surface area contributed by atoms with Crippen molar-refractivity contribution in [1.82, 2.24) is 4.98 Å². The molecule has 1 aliphatic carbocycles. The first-order valence-corrected chi connectivity index (χ1v) is 11.4. The summed E-state index contributed by atoms with van der Waals surface area (Å²) < 4.78 is 34.1. The molecular weight excluding hydrogens is 380 g/mol. The van der Waals surface area contributed by atoms with E-state index < -0.39 is 10.0 Å². The van der Waals surface area contributed by atoms with Crippen LogP contribution >= 0.6 is 11.3 Å². The van der Waals surface area contributed by atoms with Gasteiger partial charge in [0.15, 0.2) is 11.7 Å². The third-order valence-electron chi connectivity index (χ3n) is 4.90. The molecule has 1 aromatic carbocycles. The number of hydrogen-bond acceptors (Lipinski definition) is 5. The summed E-state index contributed by atoms with van der Waals surface area (Å²) in [6, 6.07) is 10.9. The molecule has 0 unspecified atom stereocenters. The van der Waals surface area contributed by atoms with Crippen molar-refractivity contribution in [2.75, 3.05) is 4.72 Å². The van der Waals surface area contributed by atoms with Crippen molar-refractivity contribution in [2.24, 2.45) is 0 Å². The number of benzene rings is 1. The molecule has 0 aliphatic heterocycles. The summed E-state index contributed by atoms with van der Waals surface area (Å²) in [7, 11) is -3.63. The molecule has 2 aromatic heterocycles. The summed E-state index contributed by atoms with van der Waals surface area (Å²) in [5.41, 5.74) is 1.73. The first-order chi connectivity index (χ1) is 12.9. The summed E-state index contributed by atoms with van der Waals surface area (Å²) in [4.78, 5) is 5.12. The highest BCUT2D eigenvalue weighted by Gasteiger charge is 2.25. The predicted octanol–water partition coefficient (Wildman–Crippen LogP) is 5.59. The fraction of sp³-hybridized carbons (Fsp3) is 0.350. The minimum Gasteiger partial charge on any atom is -0.440 e. The minimum absolute atomic E-state index is 0.257. The third-order valence-corrected chi connectivity index (χ3v) is 7.87. The van der Waals surface area contributed by atoms with Crippen LogP contribution < -0.4 is 4.72 Å². The monoisotopic (exact) mass is 402 g/mol. The average molecular weight is 403 g/mol. The van der Waals surface area contributed by atoms with Gasteiger partial charge in [-0.3, -0.25) is 4.72 Å². The van der Waals surface area contributed by atoms with Crippen LogP contribution in [0.1, 0.15) is 56.4 Å². The number of nitrogens with zero attached hydrogens (tertiary/aromatic N) is 1. The van der Waals surface area contributed by atoms with Gasteiger partial charge in [-0.2, -0.15) is 0 Å². The summed E-state index contributed by atoms with van der Waals surface area (Å²) in [6.45, 7) is 4.21. The zero-order valence-electron chi connectivity index (χ0n) is 15.3. The molecule has 5 nitrogen and oxygen atoms in total. The summed E-state index contributed by atoms with van der Waals surface area (Å²) in [5.74, 6) is 2.21. The zero-order chi connectivity index (χ0) is 19.0. The highest BCUT2D eigenvalue weighted by atomic mass is 32.2. The van der Waals surface area contributed by atoms with Crippen LogP contribution in [0.2, 0.25) is 0 Å². The van der Waals surface area contributed by atoms with Gasteiger partial charge < -0.3 is 4.42 Å². The Morgan fingerprint density at radius 1 is 1.15 bits per heavy atom. The van der Waals surface area contributed by atoms with Gasteiger partial charge >= 0.3 is 0 Å². The van der Waals surface area contributed by atoms with Gasteiger partial charge in [0.25, 0.3) is 10.0 Å². The Bertz CT molecular complexity index is 1030. The molecule has 3 aromatic rings. The Morgan fingerprint density at radius 2 is 1.89 bits per heavy atom. The lowest BCUT2D eigenvalue weighted by molar-refractivity contribution is 0.338. The Labute approximate surface area is 163 Å². The third kappa shape index (κ3) is 3.80. The molecule has 0 saturated heterocycles. The molecule has 7 heteroatoms. The van der Waals surface area contributed by atoms with Crippen molar-refractivity contribution in [2.45, 2.75) is 49.2 Å². The fourth-order valence-electron chi connectivity index (χ4n) is 2.98. The van der Waals surface area contributed by atoms with Crippen LogP contribution in [-0.4, -0.2) is 13.4 Å². The molecule has 0 spiro atoms. The van der Waals surface area contributed by atoms with Crippen LogP contribution in [0.5, 0.6) is 0 Å². The van der Waals surface area contributed by atoms with E-state index in [1.807, 2.05) is 12.1 Å². The van der Waals surface area contributed by atoms with Gasteiger partial charge in [-0.25, -0.2) is 13.4 Å². The van der Waals surface area contributed by atoms with E-state index in [-0.39, 0.29) is 4.21 Å². The van der Waals surface area contributed by atoms with Crippen molar-refractivity contribution < 1.29 is 12.8 Å². The number of aromatic nitrogens is 1. The molecule has 4 rings (SSSR count). The number of rotatable bonds is 6. The molecule has 0 radical (unpaired) electrons. The second-order valence-electron chi connectivity index (χ2n) is 7.19. The van der Waals surface area contributed by atoms with Crippen LogP contribution in [0.4, 0.5) is 5.69 Å². The lowest BCUT2D eigenvalue weighted by Gasteiger charge is -2.21. The van der Waals surface area contributed by atoms with E-state index in [9.17, 15) is 8.42 Å². The van der Waals surface area contributed by atoms with Crippen molar-refractivity contribution in [3.63, 3.8) is 0 Å². The van der Waals surface area contributed by atoms with Gasteiger partial charge in [0.1, 0.15) is 4.21 Å². The number of thiophene rings is 1. The van der Waals surface area contributed by atoms with Crippen molar-refractivity contribution in [3.05, 3.63) is 54.0 Å². The maximum absolute atomic E-state index is 12.7. The molecule has 0 atom stereocenters. The van der Waals surface area contributed by atoms with Crippen LogP contribution in [0, 0.1) is 0 Å². The SMILES string of the molecule is CC(C)c1ccc(NS(=O)(=O)c2ccc(-c3cnc(C4CCC4)o3)s2)cc1. The van der Waals surface area contributed by atoms with Crippen LogP contribution in [0.25, 0.3) is 10.6 Å². The van der Waals surface area contributed by atoms with E-state index in [2.05, 4.69) is 23.6 Å². The highest BCUT2D eigenvalue weighted by Crippen LogP contribution is 2.38. The lowest BCUT2D eigenvalue weighted by Crippen LogP contribution is -2.11. The molecular formula is C20H22N2O3S2. The average Bonchev–Trinajstić information content (AvgIpc) is 3.22. The maximum Gasteiger partial charge on any atom is 0.271 e. The number of oxazole rings is 1. The molecule has 0 amide bonds. The fourth-order valence-corrected chi connectivity index (χ4v) is 5.30. The molecule has 0 bridgehead atoms. The highest BCUT2D eigenvalue weighted by molar-refractivity contribution is 7.94. The molecule has 2 heterocycles. The van der Waals surface area contributed by atoms with E-state index in [4.69, 9.17) is 4.42 Å². The van der Waals surface area contributed by atoms with Gasteiger partial charge in [-0.05, 0) is 48.6 Å².